The maximum atomic E-state index is 11.6. The Morgan fingerprint density at radius 1 is 0.976 bits per heavy atom. The first-order valence-electron chi connectivity index (χ1n) is 14.6. The molecule has 0 radical (unpaired) electrons. The lowest BCUT2D eigenvalue weighted by atomic mass is 9.91. The SMILES string of the molecule is CC(C)(C)[Si](OCCCCc1nc(CC(CC(=O)O)c2ccc3c(c2)OCO3)cs1)(c1ccccc1)c1ccccc1. The molecule has 0 spiro atoms. The molecule has 6 nitrogen and oxygen atoms in total. The van der Waals surface area contributed by atoms with Crippen molar-refractivity contribution in [2.24, 2.45) is 0 Å². The molecule has 0 bridgehead atoms. The summed E-state index contributed by atoms with van der Waals surface area (Å²) in [5.41, 5.74) is 1.86. The number of benzene rings is 3. The van der Waals surface area contributed by atoms with Crippen LogP contribution in [-0.2, 0) is 22.1 Å². The molecule has 0 aliphatic carbocycles. The maximum absolute atomic E-state index is 11.6. The minimum absolute atomic E-state index is 0.0338. The van der Waals surface area contributed by atoms with E-state index in [0.29, 0.717) is 24.5 Å². The van der Waals surface area contributed by atoms with Crippen molar-refractivity contribution in [3.8, 4) is 11.5 Å². The Hall–Kier alpha value is -3.46. The Kier molecular flexibility index (Phi) is 9.46. The third kappa shape index (κ3) is 6.77. The van der Waals surface area contributed by atoms with Crippen LogP contribution in [0.2, 0.25) is 5.04 Å². The summed E-state index contributed by atoms with van der Waals surface area (Å²) in [6, 6.07) is 27.2. The third-order valence-corrected chi connectivity index (χ3v) is 13.9. The number of carbonyl (C=O) groups is 1. The molecule has 5 rings (SSSR count). The molecule has 1 aliphatic heterocycles. The van der Waals surface area contributed by atoms with Crippen molar-refractivity contribution >= 4 is 36.0 Å². The standard InChI is InChI=1S/C34H39NO5SSi/c1-34(2,3)42(28-12-6-4-7-13-28,29-14-8-5-9-15-29)40-19-11-10-16-32-35-27(23-41-32)20-26(22-33(36)37)25-17-18-30-31(21-25)39-24-38-30/h4-9,12-15,17-18,21,23,26H,10-11,16,19-20,22,24H2,1-3H3,(H,36,37). The van der Waals surface area contributed by atoms with E-state index in [0.717, 1.165) is 35.5 Å². The zero-order chi connectivity index (χ0) is 29.6. The number of rotatable bonds is 13. The Morgan fingerprint density at radius 2 is 1.64 bits per heavy atom. The van der Waals surface area contributed by atoms with E-state index in [1.807, 2.05) is 18.2 Å². The average Bonchev–Trinajstić information content (AvgIpc) is 3.63. The summed E-state index contributed by atoms with van der Waals surface area (Å²) in [5, 5.41) is 15.3. The first kappa shape index (κ1) is 30.0. The van der Waals surface area contributed by atoms with Gasteiger partial charge in [-0.1, -0.05) is 87.5 Å². The fourth-order valence-electron chi connectivity index (χ4n) is 5.86. The number of aryl methyl sites for hydroxylation is 1. The number of carboxylic acids is 1. The number of aromatic nitrogens is 1. The van der Waals surface area contributed by atoms with E-state index in [9.17, 15) is 9.90 Å². The highest BCUT2D eigenvalue weighted by atomic mass is 32.1. The topological polar surface area (TPSA) is 77.9 Å². The van der Waals surface area contributed by atoms with Gasteiger partial charge >= 0.3 is 5.97 Å². The van der Waals surface area contributed by atoms with Crippen LogP contribution in [0.1, 0.15) is 62.2 Å². The van der Waals surface area contributed by atoms with Crippen LogP contribution in [-0.4, -0.2) is 37.8 Å². The molecule has 2 heterocycles. The van der Waals surface area contributed by atoms with E-state index < -0.39 is 14.3 Å². The fourth-order valence-corrected chi connectivity index (χ4v) is 11.3. The number of hydrogen-bond donors (Lipinski definition) is 1. The Bertz CT molecular complexity index is 1430. The molecular formula is C34H39NO5SSi. The van der Waals surface area contributed by atoms with Crippen molar-refractivity contribution in [3.63, 3.8) is 0 Å². The minimum atomic E-state index is -2.52. The van der Waals surface area contributed by atoms with Crippen molar-refractivity contribution in [1.82, 2.24) is 4.98 Å². The molecule has 1 aliphatic rings. The predicted octanol–water partition coefficient (Wildman–Crippen LogP) is 6.57. The van der Waals surface area contributed by atoms with E-state index in [-0.39, 0.29) is 24.2 Å². The Balaban J connectivity index is 1.21. The highest BCUT2D eigenvalue weighted by Crippen LogP contribution is 2.38. The summed E-state index contributed by atoms with van der Waals surface area (Å²) in [6.07, 6.45) is 3.40. The summed E-state index contributed by atoms with van der Waals surface area (Å²) >= 11 is 1.65. The van der Waals surface area contributed by atoms with Gasteiger partial charge in [-0.15, -0.1) is 11.3 Å². The number of nitrogens with zero attached hydrogens (tertiary/aromatic N) is 1. The van der Waals surface area contributed by atoms with Gasteiger partial charge in [0.05, 0.1) is 17.1 Å². The van der Waals surface area contributed by atoms with Crippen molar-refractivity contribution < 1.29 is 23.8 Å². The molecule has 220 valence electrons. The molecule has 1 atom stereocenters. The second-order valence-electron chi connectivity index (χ2n) is 11.8. The molecule has 1 N–H and O–H groups in total. The molecule has 0 fully saturated rings. The molecule has 42 heavy (non-hydrogen) atoms. The number of aliphatic carboxylic acids is 1. The van der Waals surface area contributed by atoms with Gasteiger partial charge in [0.15, 0.2) is 11.5 Å². The van der Waals surface area contributed by atoms with E-state index in [1.54, 1.807) is 11.3 Å². The van der Waals surface area contributed by atoms with Crippen molar-refractivity contribution in [1.29, 1.82) is 0 Å². The molecule has 3 aromatic carbocycles. The van der Waals surface area contributed by atoms with Gasteiger partial charge in [0, 0.05) is 17.9 Å². The molecule has 4 aromatic rings. The number of unbranched alkanes of at least 4 members (excludes halogenated alkanes) is 1. The molecule has 8 heteroatoms. The third-order valence-electron chi connectivity index (χ3n) is 7.86. The van der Waals surface area contributed by atoms with E-state index in [2.05, 4.69) is 86.8 Å². The summed E-state index contributed by atoms with van der Waals surface area (Å²) in [5.74, 6) is 0.352. The number of carboxylic acid groups (broad SMARTS) is 1. The van der Waals surface area contributed by atoms with Crippen LogP contribution >= 0.6 is 11.3 Å². The lowest BCUT2D eigenvalue weighted by Gasteiger charge is -2.43. The lowest BCUT2D eigenvalue weighted by Crippen LogP contribution is -2.66. The highest BCUT2D eigenvalue weighted by Gasteiger charge is 2.49. The fraction of sp³-hybridized carbons (Fsp3) is 0.353. The quantitative estimate of drug-likeness (QED) is 0.138. The van der Waals surface area contributed by atoms with Gasteiger partial charge in [0.2, 0.25) is 6.79 Å². The maximum Gasteiger partial charge on any atom is 0.303 e. The van der Waals surface area contributed by atoms with Crippen LogP contribution in [0.4, 0.5) is 0 Å². The van der Waals surface area contributed by atoms with Crippen molar-refractivity contribution in [2.45, 2.75) is 63.8 Å². The van der Waals surface area contributed by atoms with Gasteiger partial charge in [-0.05, 0) is 58.8 Å². The second kappa shape index (κ2) is 13.2. The molecular weight excluding hydrogens is 563 g/mol. The average molecular weight is 602 g/mol. The van der Waals surface area contributed by atoms with Crippen LogP contribution < -0.4 is 19.8 Å². The van der Waals surface area contributed by atoms with Crippen molar-refractivity contribution in [3.05, 3.63) is 101 Å². The predicted molar refractivity (Wildman–Crippen MR) is 170 cm³/mol. The number of fused-ring (bicyclic) bond motifs is 1. The largest absolute Gasteiger partial charge is 0.481 e. The van der Waals surface area contributed by atoms with Crippen LogP contribution in [0.3, 0.4) is 0 Å². The monoisotopic (exact) mass is 601 g/mol. The normalized spacial score (nSPS) is 13.7. The number of ether oxygens (including phenoxy) is 2. The summed E-state index contributed by atoms with van der Waals surface area (Å²) in [6.45, 7) is 7.80. The van der Waals surface area contributed by atoms with Gasteiger partial charge in [0.25, 0.3) is 8.32 Å². The summed E-state index contributed by atoms with van der Waals surface area (Å²) in [4.78, 5) is 16.5. The van der Waals surface area contributed by atoms with Crippen molar-refractivity contribution in [2.75, 3.05) is 13.4 Å². The van der Waals surface area contributed by atoms with Gasteiger partial charge in [-0.2, -0.15) is 0 Å². The lowest BCUT2D eigenvalue weighted by molar-refractivity contribution is -0.137. The summed E-state index contributed by atoms with van der Waals surface area (Å²) in [7, 11) is -2.52. The smallest absolute Gasteiger partial charge is 0.303 e. The van der Waals surface area contributed by atoms with Gasteiger partial charge in [-0.25, -0.2) is 4.98 Å². The minimum Gasteiger partial charge on any atom is -0.481 e. The highest BCUT2D eigenvalue weighted by molar-refractivity contribution is 7.09. The van der Waals surface area contributed by atoms with Crippen LogP contribution in [0.15, 0.2) is 84.2 Å². The Morgan fingerprint density at radius 3 is 2.29 bits per heavy atom. The van der Waals surface area contributed by atoms with E-state index in [4.69, 9.17) is 18.9 Å². The van der Waals surface area contributed by atoms with E-state index >= 15 is 0 Å². The zero-order valence-corrected chi connectivity index (χ0v) is 26.4. The number of hydrogen-bond acceptors (Lipinski definition) is 6. The van der Waals surface area contributed by atoms with Gasteiger partial charge in [-0.3, -0.25) is 4.79 Å². The van der Waals surface area contributed by atoms with Crippen LogP contribution in [0.25, 0.3) is 0 Å². The molecule has 1 aromatic heterocycles. The van der Waals surface area contributed by atoms with Gasteiger partial charge in [0.1, 0.15) is 0 Å². The molecule has 0 saturated carbocycles. The van der Waals surface area contributed by atoms with E-state index in [1.165, 1.54) is 10.4 Å². The first-order valence-corrected chi connectivity index (χ1v) is 17.3. The number of thiazole rings is 1. The van der Waals surface area contributed by atoms with Crippen LogP contribution in [0.5, 0.6) is 11.5 Å². The Labute approximate surface area is 253 Å². The first-order chi connectivity index (χ1) is 20.3. The second-order valence-corrected chi connectivity index (χ2v) is 17.1. The summed E-state index contributed by atoms with van der Waals surface area (Å²) < 4.78 is 18.0. The molecule has 1 unspecified atom stereocenters. The molecule has 0 amide bonds. The van der Waals surface area contributed by atoms with Gasteiger partial charge < -0.3 is 19.0 Å². The molecule has 0 saturated heterocycles. The zero-order valence-electron chi connectivity index (χ0n) is 24.5. The van der Waals surface area contributed by atoms with Crippen LogP contribution in [0, 0.1) is 0 Å².